The van der Waals surface area contributed by atoms with Crippen LogP contribution in [-0.4, -0.2) is 19.7 Å². The van der Waals surface area contributed by atoms with Gasteiger partial charge in [0, 0.05) is 23.5 Å². The Balaban J connectivity index is 2.20. The Bertz CT molecular complexity index is 716. The molecule has 0 saturated carbocycles. The van der Waals surface area contributed by atoms with Crippen LogP contribution in [0.1, 0.15) is 11.8 Å². The molecule has 6 heteroatoms. The summed E-state index contributed by atoms with van der Waals surface area (Å²) in [7, 11) is 1.87. The number of nitrogens with zero attached hydrogens (tertiary/aromatic N) is 4. The van der Waals surface area contributed by atoms with E-state index in [4.69, 9.17) is 11.6 Å². The molecule has 92 valence electrons. The van der Waals surface area contributed by atoms with Crippen molar-refractivity contribution in [3.05, 3.63) is 28.5 Å². The Kier molecular flexibility index (Phi) is 2.80. The third kappa shape index (κ3) is 1.89. The number of thiophene rings is 1. The van der Waals surface area contributed by atoms with Crippen LogP contribution in [0.5, 0.6) is 0 Å². The molecule has 0 aliphatic heterocycles. The summed E-state index contributed by atoms with van der Waals surface area (Å²) in [6.07, 6.45) is 4.61. The monoisotopic (exact) mass is 278 g/mol. The highest BCUT2D eigenvalue weighted by Gasteiger charge is 2.12. The van der Waals surface area contributed by atoms with Gasteiger partial charge in [0.15, 0.2) is 5.82 Å². The van der Waals surface area contributed by atoms with E-state index in [-0.39, 0.29) is 0 Å². The molecule has 4 nitrogen and oxygen atoms in total. The Morgan fingerprint density at radius 1 is 1.39 bits per heavy atom. The summed E-state index contributed by atoms with van der Waals surface area (Å²) in [6.45, 7) is 2.12. The van der Waals surface area contributed by atoms with E-state index in [0.717, 1.165) is 22.2 Å². The molecule has 0 bridgehead atoms. The van der Waals surface area contributed by atoms with Crippen molar-refractivity contribution < 1.29 is 0 Å². The van der Waals surface area contributed by atoms with Crippen molar-refractivity contribution >= 4 is 33.2 Å². The molecule has 3 rings (SSSR count). The SMILES string of the molecule is CCc1cc2c(Cl)nc(-c3cnn(C)c3)nc2s1. The molecule has 0 fully saturated rings. The highest BCUT2D eigenvalue weighted by Crippen LogP contribution is 2.31. The van der Waals surface area contributed by atoms with Crippen LogP contribution in [0, 0.1) is 0 Å². The van der Waals surface area contributed by atoms with Gasteiger partial charge < -0.3 is 0 Å². The van der Waals surface area contributed by atoms with Crippen LogP contribution in [0.15, 0.2) is 18.5 Å². The van der Waals surface area contributed by atoms with E-state index >= 15 is 0 Å². The van der Waals surface area contributed by atoms with E-state index in [1.165, 1.54) is 4.88 Å². The van der Waals surface area contributed by atoms with Crippen LogP contribution in [0.3, 0.4) is 0 Å². The number of aryl methyl sites for hydroxylation is 2. The number of fused-ring (bicyclic) bond motifs is 1. The molecule has 0 N–H and O–H groups in total. The fraction of sp³-hybridized carbons (Fsp3) is 0.250. The number of hydrogen-bond acceptors (Lipinski definition) is 4. The van der Waals surface area contributed by atoms with Gasteiger partial charge in [-0.15, -0.1) is 11.3 Å². The average molecular weight is 279 g/mol. The van der Waals surface area contributed by atoms with Gasteiger partial charge in [0.1, 0.15) is 9.98 Å². The summed E-state index contributed by atoms with van der Waals surface area (Å²) in [5.41, 5.74) is 0.882. The van der Waals surface area contributed by atoms with E-state index in [2.05, 4.69) is 28.1 Å². The van der Waals surface area contributed by atoms with Crippen molar-refractivity contribution in [1.82, 2.24) is 19.7 Å². The third-order valence-corrected chi connectivity index (χ3v) is 4.17. The number of rotatable bonds is 2. The lowest BCUT2D eigenvalue weighted by Crippen LogP contribution is -1.88. The molecule has 0 radical (unpaired) electrons. The van der Waals surface area contributed by atoms with E-state index in [0.29, 0.717) is 11.0 Å². The van der Waals surface area contributed by atoms with Gasteiger partial charge in [-0.3, -0.25) is 4.68 Å². The van der Waals surface area contributed by atoms with Gasteiger partial charge >= 0.3 is 0 Å². The summed E-state index contributed by atoms with van der Waals surface area (Å²) >= 11 is 7.88. The molecule has 0 atom stereocenters. The second kappa shape index (κ2) is 4.33. The largest absolute Gasteiger partial charge is 0.275 e. The van der Waals surface area contributed by atoms with E-state index in [1.54, 1.807) is 22.2 Å². The molecule has 0 spiro atoms. The van der Waals surface area contributed by atoms with Crippen molar-refractivity contribution in [2.24, 2.45) is 7.05 Å². The quantitative estimate of drug-likeness (QED) is 0.676. The number of aromatic nitrogens is 4. The van der Waals surface area contributed by atoms with Crippen molar-refractivity contribution in [2.45, 2.75) is 13.3 Å². The predicted octanol–water partition coefficient (Wildman–Crippen LogP) is 3.31. The van der Waals surface area contributed by atoms with Gasteiger partial charge in [0.05, 0.1) is 11.8 Å². The molecule has 18 heavy (non-hydrogen) atoms. The molecule has 0 unspecified atom stereocenters. The zero-order valence-corrected chi connectivity index (χ0v) is 11.6. The van der Waals surface area contributed by atoms with Gasteiger partial charge in [-0.05, 0) is 12.5 Å². The Morgan fingerprint density at radius 3 is 2.89 bits per heavy atom. The van der Waals surface area contributed by atoms with E-state index in [9.17, 15) is 0 Å². The zero-order chi connectivity index (χ0) is 12.7. The third-order valence-electron chi connectivity index (χ3n) is 2.71. The van der Waals surface area contributed by atoms with Gasteiger partial charge in [-0.25, -0.2) is 9.97 Å². The average Bonchev–Trinajstić information content (AvgIpc) is 2.94. The minimum Gasteiger partial charge on any atom is -0.275 e. The van der Waals surface area contributed by atoms with Gasteiger partial charge in [0.2, 0.25) is 0 Å². The van der Waals surface area contributed by atoms with Crippen LogP contribution < -0.4 is 0 Å². The van der Waals surface area contributed by atoms with Crippen LogP contribution in [0.2, 0.25) is 5.15 Å². The predicted molar refractivity (Wildman–Crippen MR) is 74.0 cm³/mol. The lowest BCUT2D eigenvalue weighted by Gasteiger charge is -1.97. The normalized spacial score (nSPS) is 11.3. The molecule has 3 aromatic rings. The lowest BCUT2D eigenvalue weighted by molar-refractivity contribution is 0.768. The van der Waals surface area contributed by atoms with Crippen LogP contribution in [-0.2, 0) is 13.5 Å². The number of halogens is 1. The first-order valence-corrected chi connectivity index (χ1v) is 6.82. The van der Waals surface area contributed by atoms with Crippen molar-refractivity contribution in [2.75, 3.05) is 0 Å². The molecule has 0 amide bonds. The lowest BCUT2D eigenvalue weighted by atomic mass is 10.3. The molecule has 3 aromatic heterocycles. The molecular formula is C12H11ClN4S. The summed E-state index contributed by atoms with van der Waals surface area (Å²) in [5, 5.41) is 5.57. The minimum absolute atomic E-state index is 0.509. The van der Waals surface area contributed by atoms with Gasteiger partial charge in [0.25, 0.3) is 0 Å². The summed E-state index contributed by atoms with van der Waals surface area (Å²) in [5.74, 6) is 0.630. The van der Waals surface area contributed by atoms with Gasteiger partial charge in [-0.2, -0.15) is 5.10 Å². The fourth-order valence-corrected chi connectivity index (χ4v) is 3.02. The van der Waals surface area contributed by atoms with Crippen LogP contribution in [0.4, 0.5) is 0 Å². The Morgan fingerprint density at radius 2 is 2.22 bits per heavy atom. The molecule has 0 saturated heterocycles. The second-order valence-corrected chi connectivity index (χ2v) is 5.50. The van der Waals surface area contributed by atoms with Crippen molar-refractivity contribution in [3.63, 3.8) is 0 Å². The van der Waals surface area contributed by atoms with Crippen molar-refractivity contribution in [1.29, 1.82) is 0 Å². The Hall–Kier alpha value is -1.46. The highest BCUT2D eigenvalue weighted by atomic mass is 35.5. The smallest absolute Gasteiger partial charge is 0.165 e. The van der Waals surface area contributed by atoms with Crippen molar-refractivity contribution in [3.8, 4) is 11.4 Å². The first-order valence-electron chi connectivity index (χ1n) is 5.62. The summed E-state index contributed by atoms with van der Waals surface area (Å²) in [4.78, 5) is 11.1. The summed E-state index contributed by atoms with van der Waals surface area (Å²) in [6, 6.07) is 2.06. The molecule has 0 aliphatic carbocycles. The first-order chi connectivity index (χ1) is 8.67. The highest BCUT2D eigenvalue weighted by molar-refractivity contribution is 7.18. The molecule has 0 aliphatic rings. The number of hydrogen-bond donors (Lipinski definition) is 0. The van der Waals surface area contributed by atoms with Gasteiger partial charge in [-0.1, -0.05) is 18.5 Å². The van der Waals surface area contributed by atoms with Crippen LogP contribution >= 0.6 is 22.9 Å². The van der Waals surface area contributed by atoms with Crippen LogP contribution in [0.25, 0.3) is 21.6 Å². The zero-order valence-electron chi connectivity index (χ0n) is 10.0. The summed E-state index contributed by atoms with van der Waals surface area (Å²) < 4.78 is 1.72. The molecule has 0 aromatic carbocycles. The standard InChI is InChI=1S/C12H11ClN4S/c1-3-8-4-9-10(13)15-11(16-12(9)18-8)7-5-14-17(2)6-7/h4-6H,3H2,1-2H3. The second-order valence-electron chi connectivity index (χ2n) is 4.03. The minimum atomic E-state index is 0.509. The molecular weight excluding hydrogens is 268 g/mol. The fourth-order valence-electron chi connectivity index (χ4n) is 1.78. The molecule has 3 heterocycles. The topological polar surface area (TPSA) is 43.6 Å². The van der Waals surface area contributed by atoms with E-state index in [1.807, 2.05) is 13.2 Å². The Labute approximate surface area is 113 Å². The van der Waals surface area contributed by atoms with E-state index < -0.39 is 0 Å². The maximum absolute atomic E-state index is 6.22. The first kappa shape index (κ1) is 11.6. The maximum Gasteiger partial charge on any atom is 0.165 e. The maximum atomic E-state index is 6.22.